The Morgan fingerprint density at radius 2 is 2.00 bits per heavy atom. The van der Waals surface area contributed by atoms with E-state index in [1.807, 2.05) is 0 Å². The summed E-state index contributed by atoms with van der Waals surface area (Å²) in [5.41, 5.74) is 7.06. The van der Waals surface area contributed by atoms with Crippen molar-refractivity contribution in [2.45, 2.75) is 6.54 Å². The summed E-state index contributed by atoms with van der Waals surface area (Å²) in [6.45, 7) is 0.378. The van der Waals surface area contributed by atoms with Crippen molar-refractivity contribution in [1.82, 2.24) is 19.6 Å². The van der Waals surface area contributed by atoms with Gasteiger partial charge in [-0.05, 0) is 24.3 Å². The van der Waals surface area contributed by atoms with Gasteiger partial charge >= 0.3 is 0 Å². The van der Waals surface area contributed by atoms with Gasteiger partial charge in [0, 0.05) is 12.1 Å². The van der Waals surface area contributed by atoms with Crippen LogP contribution in [0.5, 0.6) is 0 Å². The van der Waals surface area contributed by atoms with E-state index in [1.54, 1.807) is 22.8 Å². The molecule has 2 aromatic heterocycles. The van der Waals surface area contributed by atoms with Gasteiger partial charge in [0.15, 0.2) is 5.82 Å². The number of aromatic amines is 1. The molecule has 0 spiro atoms. The second-order valence-corrected chi connectivity index (χ2v) is 3.69. The lowest BCUT2D eigenvalue weighted by Gasteiger charge is -1.94. The number of nitrogens with two attached hydrogens (primary N) is 1. The van der Waals surface area contributed by atoms with E-state index in [2.05, 4.69) is 15.1 Å². The molecule has 0 amide bonds. The molecule has 0 fully saturated rings. The minimum atomic E-state index is -0.268. The maximum Gasteiger partial charge on any atom is 0.251 e. The molecule has 3 aromatic rings. The summed E-state index contributed by atoms with van der Waals surface area (Å²) in [6.07, 6.45) is 1.79. The zero-order chi connectivity index (χ0) is 11.8. The standard InChI is InChI=1S/C11H10FN5/c12-8-3-1-7(2-4-8)10-15-11-14-9(5-13)6-17(11)16-10/h1-4,6H,5,13H2,(H,14,15,16). The highest BCUT2D eigenvalue weighted by molar-refractivity contribution is 5.56. The van der Waals surface area contributed by atoms with Crippen LogP contribution in [0.1, 0.15) is 5.69 Å². The van der Waals surface area contributed by atoms with Crippen LogP contribution in [0, 0.1) is 5.82 Å². The Balaban J connectivity index is 2.06. The van der Waals surface area contributed by atoms with Gasteiger partial charge in [-0.2, -0.15) is 4.98 Å². The molecule has 0 radical (unpaired) electrons. The van der Waals surface area contributed by atoms with Crippen LogP contribution in [0.2, 0.25) is 0 Å². The number of halogens is 1. The van der Waals surface area contributed by atoms with Gasteiger partial charge in [-0.3, -0.25) is 5.10 Å². The Morgan fingerprint density at radius 3 is 2.65 bits per heavy atom. The Labute approximate surface area is 96.1 Å². The number of aromatic nitrogens is 4. The van der Waals surface area contributed by atoms with Crippen molar-refractivity contribution < 1.29 is 4.39 Å². The van der Waals surface area contributed by atoms with Crippen molar-refractivity contribution >= 4 is 5.78 Å². The molecule has 0 aliphatic carbocycles. The lowest BCUT2D eigenvalue weighted by atomic mass is 10.2. The van der Waals surface area contributed by atoms with Gasteiger partial charge in [0.25, 0.3) is 5.78 Å². The second-order valence-electron chi connectivity index (χ2n) is 3.69. The molecule has 0 aliphatic heterocycles. The molecule has 3 rings (SSSR count). The lowest BCUT2D eigenvalue weighted by molar-refractivity contribution is 0.628. The Kier molecular flexibility index (Phi) is 2.15. The Hall–Kier alpha value is -2.21. The van der Waals surface area contributed by atoms with E-state index >= 15 is 0 Å². The average Bonchev–Trinajstić information content (AvgIpc) is 2.87. The van der Waals surface area contributed by atoms with Crippen LogP contribution >= 0.6 is 0 Å². The Morgan fingerprint density at radius 1 is 1.24 bits per heavy atom. The number of imidazole rings is 1. The maximum absolute atomic E-state index is 12.8. The summed E-state index contributed by atoms with van der Waals surface area (Å²) in [4.78, 5) is 8.52. The predicted octanol–water partition coefficient (Wildman–Crippen LogP) is 1.32. The Bertz CT molecular complexity index is 621. The molecule has 0 bridgehead atoms. The number of nitrogens with zero attached hydrogens (tertiary/aromatic N) is 3. The first kappa shape index (κ1) is 9.98. The maximum atomic E-state index is 12.8. The number of nitrogens with one attached hydrogen (secondary N) is 1. The summed E-state index contributed by atoms with van der Waals surface area (Å²) in [7, 11) is 0. The summed E-state index contributed by atoms with van der Waals surface area (Å²) in [6, 6.07) is 6.12. The molecule has 1 aromatic carbocycles. The molecular weight excluding hydrogens is 221 g/mol. The highest BCUT2D eigenvalue weighted by Crippen LogP contribution is 2.16. The lowest BCUT2D eigenvalue weighted by Crippen LogP contribution is -1.96. The van der Waals surface area contributed by atoms with E-state index in [4.69, 9.17) is 5.73 Å². The van der Waals surface area contributed by atoms with E-state index in [-0.39, 0.29) is 5.82 Å². The topological polar surface area (TPSA) is 72.0 Å². The molecular formula is C11H10FN5. The first-order chi connectivity index (χ1) is 8.26. The number of hydrogen-bond acceptors (Lipinski definition) is 3. The van der Waals surface area contributed by atoms with Crippen LogP contribution in [0.25, 0.3) is 17.2 Å². The van der Waals surface area contributed by atoms with Gasteiger partial charge in [-0.1, -0.05) is 0 Å². The van der Waals surface area contributed by atoms with E-state index in [0.29, 0.717) is 18.1 Å². The number of H-pyrrole nitrogens is 1. The normalized spacial score (nSPS) is 11.2. The number of benzene rings is 1. The average molecular weight is 231 g/mol. The molecule has 0 atom stereocenters. The minimum absolute atomic E-state index is 0.268. The van der Waals surface area contributed by atoms with Crippen LogP contribution in [-0.4, -0.2) is 19.6 Å². The smallest absolute Gasteiger partial charge is 0.251 e. The van der Waals surface area contributed by atoms with Crippen LogP contribution in [0.3, 0.4) is 0 Å². The van der Waals surface area contributed by atoms with E-state index in [9.17, 15) is 4.39 Å². The third kappa shape index (κ3) is 1.68. The SMILES string of the molecule is NCc1cn2[nH]c(-c3ccc(F)cc3)nc2n1. The highest BCUT2D eigenvalue weighted by atomic mass is 19.1. The molecule has 86 valence electrons. The van der Waals surface area contributed by atoms with Crippen LogP contribution in [-0.2, 0) is 6.54 Å². The molecule has 0 saturated carbocycles. The molecule has 17 heavy (non-hydrogen) atoms. The first-order valence-corrected chi connectivity index (χ1v) is 5.16. The van der Waals surface area contributed by atoms with E-state index in [1.165, 1.54) is 12.1 Å². The van der Waals surface area contributed by atoms with Gasteiger partial charge in [0.05, 0.1) is 11.9 Å². The minimum Gasteiger partial charge on any atom is -0.325 e. The fourth-order valence-corrected chi connectivity index (χ4v) is 1.65. The van der Waals surface area contributed by atoms with Gasteiger partial charge in [0.1, 0.15) is 5.82 Å². The summed E-state index contributed by atoms with van der Waals surface area (Å²) >= 11 is 0. The zero-order valence-electron chi connectivity index (χ0n) is 8.89. The molecule has 3 N–H and O–H groups in total. The second kappa shape index (κ2) is 3.67. The zero-order valence-corrected chi connectivity index (χ0v) is 8.89. The van der Waals surface area contributed by atoms with Gasteiger partial charge in [-0.15, -0.1) is 0 Å². The van der Waals surface area contributed by atoms with Crippen LogP contribution in [0.15, 0.2) is 30.5 Å². The van der Waals surface area contributed by atoms with Crippen molar-refractivity contribution in [2.24, 2.45) is 5.73 Å². The molecule has 2 heterocycles. The van der Waals surface area contributed by atoms with Gasteiger partial charge < -0.3 is 5.73 Å². The predicted molar refractivity (Wildman–Crippen MR) is 60.6 cm³/mol. The third-order valence-corrected chi connectivity index (χ3v) is 2.50. The van der Waals surface area contributed by atoms with Crippen molar-refractivity contribution in [2.75, 3.05) is 0 Å². The first-order valence-electron chi connectivity index (χ1n) is 5.16. The fourth-order valence-electron chi connectivity index (χ4n) is 1.65. The van der Waals surface area contributed by atoms with Gasteiger partial charge in [0.2, 0.25) is 0 Å². The van der Waals surface area contributed by atoms with Crippen molar-refractivity contribution in [1.29, 1.82) is 0 Å². The fraction of sp³-hybridized carbons (Fsp3) is 0.0909. The monoisotopic (exact) mass is 231 g/mol. The van der Waals surface area contributed by atoms with E-state index < -0.39 is 0 Å². The van der Waals surface area contributed by atoms with Crippen LogP contribution < -0.4 is 5.73 Å². The molecule has 0 aliphatic rings. The van der Waals surface area contributed by atoms with Crippen molar-refractivity contribution in [3.8, 4) is 11.4 Å². The third-order valence-electron chi connectivity index (χ3n) is 2.50. The molecule has 6 heteroatoms. The quantitative estimate of drug-likeness (QED) is 0.698. The van der Waals surface area contributed by atoms with Crippen molar-refractivity contribution in [3.05, 3.63) is 42.0 Å². The molecule has 5 nitrogen and oxygen atoms in total. The van der Waals surface area contributed by atoms with Crippen LogP contribution in [0.4, 0.5) is 4.39 Å². The summed E-state index contributed by atoms with van der Waals surface area (Å²) in [5, 5.41) is 3.05. The number of rotatable bonds is 2. The van der Waals surface area contributed by atoms with E-state index in [0.717, 1.165) is 11.3 Å². The number of hydrogen-bond donors (Lipinski definition) is 2. The van der Waals surface area contributed by atoms with Crippen molar-refractivity contribution in [3.63, 3.8) is 0 Å². The highest BCUT2D eigenvalue weighted by Gasteiger charge is 2.07. The molecule has 0 saturated heterocycles. The summed E-state index contributed by atoms with van der Waals surface area (Å²) < 4.78 is 14.5. The summed E-state index contributed by atoms with van der Waals surface area (Å²) in [5.74, 6) is 0.941. The number of fused-ring (bicyclic) bond motifs is 1. The molecule has 0 unspecified atom stereocenters. The largest absolute Gasteiger partial charge is 0.325 e. The van der Waals surface area contributed by atoms with Gasteiger partial charge in [-0.25, -0.2) is 13.9 Å².